The average Bonchev–Trinajstić information content (AvgIpc) is 3.32. The number of amides is 2. The van der Waals surface area contributed by atoms with Gasteiger partial charge < -0.3 is 20.1 Å². The highest BCUT2D eigenvalue weighted by molar-refractivity contribution is 5.99. The van der Waals surface area contributed by atoms with Crippen LogP contribution < -0.4 is 20.1 Å². The number of hydrogen-bond donors (Lipinski definition) is 2. The molecule has 7 heteroatoms. The molecule has 1 saturated carbocycles. The van der Waals surface area contributed by atoms with Gasteiger partial charge in [-0.15, -0.1) is 0 Å². The number of benzene rings is 2. The third kappa shape index (κ3) is 3.46. The Morgan fingerprint density at radius 1 is 1.00 bits per heavy atom. The summed E-state index contributed by atoms with van der Waals surface area (Å²) in [4.78, 5) is 24.5. The van der Waals surface area contributed by atoms with Crippen molar-refractivity contribution >= 4 is 17.5 Å². The molecule has 2 atom stereocenters. The van der Waals surface area contributed by atoms with E-state index in [1.54, 1.807) is 30.3 Å². The fraction of sp³-hybridized carbons (Fsp3) is 0.263. The number of carbonyl (C=O) groups excluding carboxylic acids is 2. The number of ether oxygens (including phenoxy) is 2. The number of rotatable bonds is 5. The van der Waals surface area contributed by atoms with E-state index in [-0.39, 0.29) is 36.3 Å². The molecular weight excluding hydrogens is 339 g/mol. The molecule has 1 aliphatic heterocycles. The van der Waals surface area contributed by atoms with E-state index >= 15 is 0 Å². The first-order chi connectivity index (χ1) is 12.6. The van der Waals surface area contributed by atoms with Crippen LogP contribution in [-0.2, 0) is 16.1 Å². The number of nitrogens with one attached hydrogen (secondary N) is 2. The van der Waals surface area contributed by atoms with Crippen molar-refractivity contribution in [1.29, 1.82) is 0 Å². The average molecular weight is 356 g/mol. The Kier molecular flexibility index (Phi) is 4.20. The fourth-order valence-corrected chi connectivity index (χ4v) is 2.91. The molecule has 0 aromatic heterocycles. The van der Waals surface area contributed by atoms with E-state index in [0.29, 0.717) is 30.2 Å². The molecule has 26 heavy (non-hydrogen) atoms. The maximum absolute atomic E-state index is 12.9. The van der Waals surface area contributed by atoms with Crippen molar-refractivity contribution in [2.45, 2.75) is 13.0 Å². The van der Waals surface area contributed by atoms with Gasteiger partial charge in [0.25, 0.3) is 0 Å². The monoisotopic (exact) mass is 356 g/mol. The highest BCUT2D eigenvalue weighted by Gasteiger charge is 2.47. The van der Waals surface area contributed by atoms with Gasteiger partial charge in [0.2, 0.25) is 18.6 Å². The van der Waals surface area contributed by atoms with Crippen molar-refractivity contribution in [3.05, 3.63) is 53.8 Å². The second-order valence-electron chi connectivity index (χ2n) is 6.35. The van der Waals surface area contributed by atoms with Gasteiger partial charge in [-0.05, 0) is 36.2 Å². The van der Waals surface area contributed by atoms with Crippen LogP contribution in [0.2, 0.25) is 0 Å². The minimum Gasteiger partial charge on any atom is -0.454 e. The summed E-state index contributed by atoms with van der Waals surface area (Å²) in [6.07, 6.45) is 0.519. The molecule has 2 aliphatic rings. The lowest BCUT2D eigenvalue weighted by Crippen LogP contribution is -2.27. The Morgan fingerprint density at radius 2 is 1.73 bits per heavy atom. The molecule has 0 radical (unpaired) electrons. The second kappa shape index (κ2) is 6.67. The van der Waals surface area contributed by atoms with E-state index in [4.69, 9.17) is 9.47 Å². The zero-order valence-corrected chi connectivity index (χ0v) is 13.8. The van der Waals surface area contributed by atoms with Gasteiger partial charge in [0.15, 0.2) is 11.5 Å². The van der Waals surface area contributed by atoms with Crippen molar-refractivity contribution in [1.82, 2.24) is 5.32 Å². The molecule has 1 heterocycles. The van der Waals surface area contributed by atoms with E-state index in [1.165, 1.54) is 12.1 Å². The Bertz CT molecular complexity index is 853. The van der Waals surface area contributed by atoms with E-state index in [9.17, 15) is 14.0 Å². The van der Waals surface area contributed by atoms with Gasteiger partial charge in [-0.3, -0.25) is 9.59 Å². The van der Waals surface area contributed by atoms with Gasteiger partial charge in [-0.2, -0.15) is 0 Å². The van der Waals surface area contributed by atoms with Gasteiger partial charge in [-0.1, -0.05) is 12.1 Å². The fourth-order valence-electron chi connectivity index (χ4n) is 2.91. The number of carbonyl (C=O) groups is 2. The lowest BCUT2D eigenvalue weighted by Gasteiger charge is -2.07. The van der Waals surface area contributed by atoms with Crippen LogP contribution in [0.15, 0.2) is 42.5 Å². The molecule has 2 aromatic rings. The normalized spacial score (nSPS) is 19.7. The molecule has 2 unspecified atom stereocenters. The number of hydrogen-bond acceptors (Lipinski definition) is 4. The Balaban J connectivity index is 1.28. The van der Waals surface area contributed by atoms with E-state index < -0.39 is 0 Å². The van der Waals surface area contributed by atoms with Crippen LogP contribution in [0.25, 0.3) is 0 Å². The summed E-state index contributed by atoms with van der Waals surface area (Å²) in [5.41, 5.74) is 1.42. The summed E-state index contributed by atoms with van der Waals surface area (Å²) < 4.78 is 23.4. The van der Waals surface area contributed by atoms with Gasteiger partial charge in [0.05, 0.1) is 11.8 Å². The Labute approximate surface area is 149 Å². The van der Waals surface area contributed by atoms with Crippen LogP contribution in [0.1, 0.15) is 12.0 Å². The van der Waals surface area contributed by atoms with Crippen molar-refractivity contribution < 1.29 is 23.5 Å². The Morgan fingerprint density at radius 3 is 2.54 bits per heavy atom. The third-order valence-electron chi connectivity index (χ3n) is 4.48. The molecule has 0 saturated heterocycles. The summed E-state index contributed by atoms with van der Waals surface area (Å²) in [6, 6.07) is 11.1. The first-order valence-corrected chi connectivity index (χ1v) is 8.33. The smallest absolute Gasteiger partial charge is 0.231 e. The molecule has 2 N–H and O–H groups in total. The molecule has 0 spiro atoms. The first-order valence-electron chi connectivity index (χ1n) is 8.33. The molecule has 2 aromatic carbocycles. The summed E-state index contributed by atoms with van der Waals surface area (Å²) in [7, 11) is 0. The summed E-state index contributed by atoms with van der Waals surface area (Å²) in [5, 5.41) is 5.59. The van der Waals surface area contributed by atoms with E-state index in [0.717, 1.165) is 5.56 Å². The van der Waals surface area contributed by atoms with Crippen LogP contribution in [0, 0.1) is 17.7 Å². The highest BCUT2D eigenvalue weighted by Crippen LogP contribution is 2.40. The highest BCUT2D eigenvalue weighted by atomic mass is 19.1. The van der Waals surface area contributed by atoms with E-state index in [1.807, 2.05) is 0 Å². The summed E-state index contributed by atoms with van der Waals surface area (Å²) >= 11 is 0. The molecule has 0 bridgehead atoms. The van der Waals surface area contributed by atoms with Crippen molar-refractivity contribution in [2.24, 2.45) is 11.8 Å². The minimum absolute atomic E-state index is 0.167. The lowest BCUT2D eigenvalue weighted by molar-refractivity contribution is -0.125. The molecule has 1 aliphatic carbocycles. The van der Waals surface area contributed by atoms with Gasteiger partial charge >= 0.3 is 0 Å². The number of halogens is 1. The molecule has 2 amide bonds. The minimum atomic E-state index is -0.339. The zero-order chi connectivity index (χ0) is 18.1. The maximum atomic E-state index is 12.9. The number of anilines is 1. The standard InChI is InChI=1S/C19H17FN2O4/c20-12-3-1-11(2-4-12)9-21-18(23)14-8-15(14)19(24)22-13-5-6-16-17(7-13)26-10-25-16/h1-7,14-15H,8-10H2,(H,21,23)(H,22,24). The lowest BCUT2D eigenvalue weighted by atomic mass is 10.2. The van der Waals surface area contributed by atoms with Crippen molar-refractivity contribution in [3.8, 4) is 11.5 Å². The SMILES string of the molecule is O=C(NCc1ccc(F)cc1)C1CC1C(=O)Nc1ccc2c(c1)OCO2. The van der Waals surface area contributed by atoms with Gasteiger partial charge in [-0.25, -0.2) is 4.39 Å². The van der Waals surface area contributed by atoms with Gasteiger partial charge in [0.1, 0.15) is 5.82 Å². The summed E-state index contributed by atoms with van der Waals surface area (Å²) in [5.74, 6) is -0.105. The zero-order valence-electron chi connectivity index (χ0n) is 13.8. The third-order valence-corrected chi connectivity index (χ3v) is 4.48. The topological polar surface area (TPSA) is 76.7 Å². The molecule has 4 rings (SSSR count). The van der Waals surface area contributed by atoms with Crippen LogP contribution in [0.3, 0.4) is 0 Å². The predicted octanol–water partition coefficient (Wildman–Crippen LogP) is 2.45. The molecular formula is C19H17FN2O4. The quantitative estimate of drug-likeness (QED) is 0.863. The van der Waals surface area contributed by atoms with E-state index in [2.05, 4.69) is 10.6 Å². The molecule has 1 fully saturated rings. The van der Waals surface area contributed by atoms with Gasteiger partial charge in [0, 0.05) is 18.3 Å². The van der Waals surface area contributed by atoms with Crippen LogP contribution in [0.4, 0.5) is 10.1 Å². The largest absolute Gasteiger partial charge is 0.454 e. The van der Waals surface area contributed by atoms with Crippen molar-refractivity contribution in [2.75, 3.05) is 12.1 Å². The summed E-state index contributed by atoms with van der Waals surface area (Å²) in [6.45, 7) is 0.484. The van der Waals surface area contributed by atoms with Crippen LogP contribution in [-0.4, -0.2) is 18.6 Å². The number of fused-ring (bicyclic) bond motifs is 1. The molecule has 6 nitrogen and oxygen atoms in total. The predicted molar refractivity (Wildman–Crippen MR) is 91.0 cm³/mol. The Hall–Kier alpha value is -3.09. The molecule has 134 valence electrons. The van der Waals surface area contributed by atoms with Crippen LogP contribution >= 0.6 is 0 Å². The first kappa shape index (κ1) is 16.4. The van der Waals surface area contributed by atoms with Crippen LogP contribution in [0.5, 0.6) is 11.5 Å². The maximum Gasteiger partial charge on any atom is 0.231 e. The van der Waals surface area contributed by atoms with Crippen molar-refractivity contribution in [3.63, 3.8) is 0 Å². The second-order valence-corrected chi connectivity index (χ2v) is 6.35.